The average Bonchev–Trinajstić information content (AvgIpc) is 2.47. The lowest BCUT2D eigenvalue weighted by Crippen LogP contribution is -2.23. The lowest BCUT2D eigenvalue weighted by atomic mass is 10.1. The summed E-state index contributed by atoms with van der Waals surface area (Å²) in [6, 6.07) is 14.3. The van der Waals surface area contributed by atoms with Crippen molar-refractivity contribution in [2.45, 2.75) is 6.42 Å². The summed E-state index contributed by atoms with van der Waals surface area (Å²) in [4.78, 5) is 11.7. The fourth-order valence-electron chi connectivity index (χ4n) is 1.85. The van der Waals surface area contributed by atoms with Gasteiger partial charge in [-0.1, -0.05) is 35.9 Å². The zero-order valence-corrected chi connectivity index (χ0v) is 12.2. The zero-order valence-electron chi connectivity index (χ0n) is 11.4. The molecule has 0 heterocycles. The number of halogens is 1. The van der Waals surface area contributed by atoms with Crippen molar-refractivity contribution in [2.75, 3.05) is 6.54 Å². The van der Waals surface area contributed by atoms with Gasteiger partial charge < -0.3 is 10.4 Å². The predicted octanol–water partition coefficient (Wildman–Crippen LogP) is 3.42. The van der Waals surface area contributed by atoms with Gasteiger partial charge in [0.25, 0.3) is 0 Å². The fraction of sp³-hybridized carbons (Fsp3) is 0.118. The maximum atomic E-state index is 11.7. The van der Waals surface area contributed by atoms with E-state index < -0.39 is 0 Å². The van der Waals surface area contributed by atoms with Gasteiger partial charge in [-0.25, -0.2) is 0 Å². The van der Waals surface area contributed by atoms with Crippen LogP contribution in [0, 0.1) is 0 Å². The summed E-state index contributed by atoms with van der Waals surface area (Å²) in [5, 5.41) is 12.8. The Morgan fingerprint density at radius 1 is 1.19 bits per heavy atom. The minimum absolute atomic E-state index is 0.148. The van der Waals surface area contributed by atoms with Gasteiger partial charge in [-0.15, -0.1) is 0 Å². The Balaban J connectivity index is 1.78. The normalized spacial score (nSPS) is 10.7. The quantitative estimate of drug-likeness (QED) is 0.831. The van der Waals surface area contributed by atoms with Gasteiger partial charge in [0.2, 0.25) is 5.91 Å². The van der Waals surface area contributed by atoms with Gasteiger partial charge in [0.05, 0.1) is 0 Å². The molecule has 3 nitrogen and oxygen atoms in total. The minimum atomic E-state index is -0.148. The molecule has 0 fully saturated rings. The number of benzene rings is 2. The van der Waals surface area contributed by atoms with E-state index in [4.69, 9.17) is 11.6 Å². The van der Waals surface area contributed by atoms with Crippen molar-refractivity contribution in [1.29, 1.82) is 0 Å². The molecule has 108 valence electrons. The molecular formula is C17H16ClNO2. The first-order valence-corrected chi connectivity index (χ1v) is 7.01. The van der Waals surface area contributed by atoms with E-state index in [0.717, 1.165) is 11.1 Å². The standard InChI is InChI=1S/C17H16ClNO2/c18-15-7-4-13(5-8-15)6-9-17(21)19-11-10-14-2-1-3-16(20)12-14/h1-9,12,20H,10-11H2,(H,19,21)/b9-6+. The van der Waals surface area contributed by atoms with E-state index in [1.165, 1.54) is 6.08 Å². The molecule has 2 aromatic carbocycles. The van der Waals surface area contributed by atoms with Gasteiger partial charge in [-0.05, 0) is 47.9 Å². The number of phenolic OH excluding ortho intramolecular Hbond substituents is 1. The summed E-state index contributed by atoms with van der Waals surface area (Å²) < 4.78 is 0. The summed E-state index contributed by atoms with van der Waals surface area (Å²) in [7, 11) is 0. The zero-order chi connectivity index (χ0) is 15.1. The second-order valence-electron chi connectivity index (χ2n) is 4.60. The Kier molecular flexibility index (Phi) is 5.41. The molecule has 0 atom stereocenters. The first-order valence-electron chi connectivity index (χ1n) is 6.63. The second-order valence-corrected chi connectivity index (χ2v) is 5.03. The van der Waals surface area contributed by atoms with Crippen LogP contribution < -0.4 is 5.32 Å². The molecule has 0 radical (unpaired) electrons. The molecule has 0 spiro atoms. The highest BCUT2D eigenvalue weighted by atomic mass is 35.5. The van der Waals surface area contributed by atoms with Crippen LogP contribution in [0.2, 0.25) is 5.02 Å². The molecule has 0 bridgehead atoms. The Morgan fingerprint density at radius 2 is 1.95 bits per heavy atom. The molecule has 21 heavy (non-hydrogen) atoms. The van der Waals surface area contributed by atoms with Crippen molar-refractivity contribution in [1.82, 2.24) is 5.32 Å². The molecule has 2 rings (SSSR count). The molecule has 0 aliphatic heterocycles. The molecular weight excluding hydrogens is 286 g/mol. The third-order valence-corrected chi connectivity index (χ3v) is 3.17. The van der Waals surface area contributed by atoms with Crippen molar-refractivity contribution in [3.63, 3.8) is 0 Å². The second kappa shape index (κ2) is 7.50. The van der Waals surface area contributed by atoms with Gasteiger partial charge in [-0.2, -0.15) is 0 Å². The molecule has 0 unspecified atom stereocenters. The minimum Gasteiger partial charge on any atom is -0.508 e. The van der Waals surface area contributed by atoms with Crippen LogP contribution >= 0.6 is 11.6 Å². The van der Waals surface area contributed by atoms with Crippen LogP contribution in [0.1, 0.15) is 11.1 Å². The van der Waals surface area contributed by atoms with Gasteiger partial charge in [-0.3, -0.25) is 4.79 Å². The number of phenols is 1. The maximum Gasteiger partial charge on any atom is 0.244 e. The van der Waals surface area contributed by atoms with E-state index in [0.29, 0.717) is 18.0 Å². The van der Waals surface area contributed by atoms with E-state index >= 15 is 0 Å². The fourth-order valence-corrected chi connectivity index (χ4v) is 1.97. The topological polar surface area (TPSA) is 49.3 Å². The molecule has 0 aliphatic rings. The number of hydrogen-bond donors (Lipinski definition) is 2. The number of hydrogen-bond acceptors (Lipinski definition) is 2. The highest BCUT2D eigenvalue weighted by Crippen LogP contribution is 2.11. The van der Waals surface area contributed by atoms with E-state index in [1.54, 1.807) is 36.4 Å². The lowest BCUT2D eigenvalue weighted by molar-refractivity contribution is -0.116. The summed E-state index contributed by atoms with van der Waals surface area (Å²) in [6.45, 7) is 0.521. The number of aromatic hydroxyl groups is 1. The maximum absolute atomic E-state index is 11.7. The highest BCUT2D eigenvalue weighted by Gasteiger charge is 1.98. The number of nitrogens with one attached hydrogen (secondary N) is 1. The molecule has 0 aliphatic carbocycles. The van der Waals surface area contributed by atoms with Crippen molar-refractivity contribution in [2.24, 2.45) is 0 Å². The SMILES string of the molecule is O=C(/C=C/c1ccc(Cl)cc1)NCCc1cccc(O)c1. The third-order valence-electron chi connectivity index (χ3n) is 2.92. The van der Waals surface area contributed by atoms with Crippen molar-refractivity contribution >= 4 is 23.6 Å². The van der Waals surface area contributed by atoms with E-state index in [2.05, 4.69) is 5.32 Å². The largest absolute Gasteiger partial charge is 0.508 e. The number of amides is 1. The van der Waals surface area contributed by atoms with E-state index in [-0.39, 0.29) is 11.7 Å². The smallest absolute Gasteiger partial charge is 0.244 e. The Hall–Kier alpha value is -2.26. The van der Waals surface area contributed by atoms with Crippen LogP contribution in [0.4, 0.5) is 0 Å². The number of carbonyl (C=O) groups excluding carboxylic acids is 1. The van der Waals surface area contributed by atoms with Crippen LogP contribution in [0.5, 0.6) is 5.75 Å². The highest BCUT2D eigenvalue weighted by molar-refractivity contribution is 6.30. The van der Waals surface area contributed by atoms with Gasteiger partial charge in [0, 0.05) is 17.6 Å². The summed E-state index contributed by atoms with van der Waals surface area (Å²) in [6.07, 6.45) is 3.90. The Morgan fingerprint density at radius 3 is 2.67 bits per heavy atom. The molecule has 0 saturated carbocycles. The van der Waals surface area contributed by atoms with E-state index in [1.807, 2.05) is 18.2 Å². The number of rotatable bonds is 5. The third kappa shape index (κ3) is 5.32. The van der Waals surface area contributed by atoms with Crippen molar-refractivity contribution < 1.29 is 9.90 Å². The molecule has 2 aromatic rings. The molecule has 0 saturated heterocycles. The summed E-state index contributed by atoms with van der Waals surface area (Å²) in [5.74, 6) is 0.0894. The Bertz CT molecular complexity index is 635. The molecule has 2 N–H and O–H groups in total. The van der Waals surface area contributed by atoms with Crippen LogP contribution in [-0.2, 0) is 11.2 Å². The van der Waals surface area contributed by atoms with Gasteiger partial charge in [0.1, 0.15) is 5.75 Å². The van der Waals surface area contributed by atoms with E-state index in [9.17, 15) is 9.90 Å². The van der Waals surface area contributed by atoms with Gasteiger partial charge in [0.15, 0.2) is 0 Å². The summed E-state index contributed by atoms with van der Waals surface area (Å²) in [5.41, 5.74) is 1.90. The van der Waals surface area contributed by atoms with Crippen LogP contribution in [-0.4, -0.2) is 17.6 Å². The molecule has 4 heteroatoms. The predicted molar refractivity (Wildman–Crippen MR) is 85.3 cm³/mol. The first-order chi connectivity index (χ1) is 10.1. The number of carbonyl (C=O) groups is 1. The Labute approximate surface area is 128 Å². The first kappa shape index (κ1) is 15.1. The summed E-state index contributed by atoms with van der Waals surface area (Å²) >= 11 is 5.79. The monoisotopic (exact) mass is 301 g/mol. The van der Waals surface area contributed by atoms with Crippen LogP contribution in [0.15, 0.2) is 54.6 Å². The molecule has 1 amide bonds. The van der Waals surface area contributed by atoms with Crippen molar-refractivity contribution in [3.8, 4) is 5.75 Å². The van der Waals surface area contributed by atoms with Crippen LogP contribution in [0.3, 0.4) is 0 Å². The lowest BCUT2D eigenvalue weighted by Gasteiger charge is -2.03. The van der Waals surface area contributed by atoms with Crippen molar-refractivity contribution in [3.05, 3.63) is 70.8 Å². The molecule has 0 aromatic heterocycles. The van der Waals surface area contributed by atoms with Gasteiger partial charge >= 0.3 is 0 Å². The average molecular weight is 302 g/mol. The van der Waals surface area contributed by atoms with Crippen LogP contribution in [0.25, 0.3) is 6.08 Å².